The number of nitrogens with one attached hydrogen (secondary N) is 1. The van der Waals surface area contributed by atoms with E-state index < -0.39 is 5.82 Å². The summed E-state index contributed by atoms with van der Waals surface area (Å²) in [4.78, 5) is 12.6. The molecule has 0 unspecified atom stereocenters. The van der Waals surface area contributed by atoms with Crippen molar-refractivity contribution in [3.8, 4) is 23.1 Å². The van der Waals surface area contributed by atoms with Gasteiger partial charge in [0.25, 0.3) is 0 Å². The molecule has 7 heteroatoms. The van der Waals surface area contributed by atoms with Crippen LogP contribution in [0.25, 0.3) is 5.69 Å². The van der Waals surface area contributed by atoms with Gasteiger partial charge in [-0.3, -0.25) is 4.79 Å². The van der Waals surface area contributed by atoms with E-state index in [1.165, 1.54) is 6.07 Å². The highest BCUT2D eigenvalue weighted by Gasteiger charge is 2.22. The summed E-state index contributed by atoms with van der Waals surface area (Å²) < 4.78 is 27.4. The Bertz CT molecular complexity index is 1250. The van der Waals surface area contributed by atoms with E-state index in [0.29, 0.717) is 24.5 Å². The van der Waals surface area contributed by atoms with Gasteiger partial charge < -0.3 is 14.8 Å². The van der Waals surface area contributed by atoms with Crippen LogP contribution in [0, 0.1) is 5.82 Å². The third-order valence-electron chi connectivity index (χ3n) is 5.37. The molecule has 1 aromatic heterocycles. The van der Waals surface area contributed by atoms with Gasteiger partial charge in [-0.15, -0.1) is 0 Å². The van der Waals surface area contributed by atoms with Gasteiger partial charge in [0.2, 0.25) is 11.8 Å². The van der Waals surface area contributed by atoms with Gasteiger partial charge in [-0.25, -0.2) is 9.07 Å². The largest absolute Gasteiger partial charge is 0.497 e. The fourth-order valence-electron chi connectivity index (χ4n) is 3.63. The van der Waals surface area contributed by atoms with E-state index in [1.54, 1.807) is 30.0 Å². The smallest absolute Gasteiger partial charge is 0.226 e. The number of halogens is 1. The average molecular weight is 460 g/mol. The molecular formula is C27H26FN3O3. The van der Waals surface area contributed by atoms with Crippen LogP contribution in [0.1, 0.15) is 24.6 Å². The second-order valence-corrected chi connectivity index (χ2v) is 7.64. The number of aromatic nitrogens is 2. The second kappa shape index (κ2) is 10.7. The van der Waals surface area contributed by atoms with Crippen LogP contribution in [0.5, 0.6) is 17.4 Å². The number of amides is 1. The van der Waals surface area contributed by atoms with Crippen molar-refractivity contribution >= 4 is 11.6 Å². The highest BCUT2D eigenvalue weighted by atomic mass is 19.1. The Labute approximate surface area is 198 Å². The van der Waals surface area contributed by atoms with Crippen LogP contribution in [0.4, 0.5) is 10.1 Å². The van der Waals surface area contributed by atoms with E-state index in [2.05, 4.69) is 5.32 Å². The van der Waals surface area contributed by atoms with E-state index >= 15 is 0 Å². The summed E-state index contributed by atoms with van der Waals surface area (Å²) in [6, 6.07) is 22.9. The Morgan fingerprint density at radius 2 is 1.71 bits per heavy atom. The summed E-state index contributed by atoms with van der Waals surface area (Å²) in [7, 11) is 1.60. The lowest BCUT2D eigenvalue weighted by Gasteiger charge is -2.12. The van der Waals surface area contributed by atoms with Gasteiger partial charge in [0.1, 0.15) is 5.75 Å². The first-order valence-corrected chi connectivity index (χ1v) is 11.1. The second-order valence-electron chi connectivity index (χ2n) is 7.64. The summed E-state index contributed by atoms with van der Waals surface area (Å²) >= 11 is 0. The minimum absolute atomic E-state index is 0.0924. The molecule has 0 aliphatic carbocycles. The molecule has 0 saturated heterocycles. The third-order valence-corrected chi connectivity index (χ3v) is 5.37. The minimum atomic E-state index is -0.476. The zero-order valence-corrected chi connectivity index (χ0v) is 19.1. The monoisotopic (exact) mass is 459 g/mol. The van der Waals surface area contributed by atoms with Crippen LogP contribution in [0.3, 0.4) is 0 Å². The number of ether oxygens (including phenoxy) is 2. The molecule has 4 aromatic rings. The lowest BCUT2D eigenvalue weighted by atomic mass is 10.1. The molecule has 0 saturated carbocycles. The molecular weight excluding hydrogens is 433 g/mol. The molecule has 0 aliphatic heterocycles. The van der Waals surface area contributed by atoms with Crippen LogP contribution in [-0.4, -0.2) is 22.8 Å². The first kappa shape index (κ1) is 23.0. The van der Waals surface area contributed by atoms with Crippen molar-refractivity contribution < 1.29 is 18.7 Å². The number of para-hydroxylation sites is 2. The molecule has 1 amide bonds. The molecule has 0 aliphatic rings. The molecule has 0 atom stereocenters. The number of hydrogen-bond donors (Lipinski definition) is 1. The highest BCUT2D eigenvalue weighted by Crippen LogP contribution is 2.33. The number of anilines is 1. The number of nitrogens with zero attached hydrogens (tertiary/aromatic N) is 2. The normalized spacial score (nSPS) is 10.7. The van der Waals surface area contributed by atoms with Gasteiger partial charge in [0.15, 0.2) is 11.6 Å². The first-order chi connectivity index (χ1) is 16.6. The molecule has 34 heavy (non-hydrogen) atoms. The molecule has 1 N–H and O–H groups in total. The predicted molar refractivity (Wildman–Crippen MR) is 129 cm³/mol. The number of aryl methyl sites for hydroxylation is 1. The van der Waals surface area contributed by atoms with Crippen molar-refractivity contribution in [3.05, 3.63) is 95.9 Å². The molecule has 1 heterocycles. The Kier molecular flexibility index (Phi) is 7.22. The van der Waals surface area contributed by atoms with E-state index in [-0.39, 0.29) is 18.1 Å². The Balaban J connectivity index is 1.67. The maximum absolute atomic E-state index is 14.4. The van der Waals surface area contributed by atoms with Gasteiger partial charge in [-0.2, -0.15) is 5.10 Å². The van der Waals surface area contributed by atoms with Gasteiger partial charge >= 0.3 is 0 Å². The minimum Gasteiger partial charge on any atom is -0.497 e. The van der Waals surface area contributed by atoms with Gasteiger partial charge in [0, 0.05) is 17.7 Å². The van der Waals surface area contributed by atoms with Crippen molar-refractivity contribution in [2.24, 2.45) is 0 Å². The molecule has 0 fully saturated rings. The lowest BCUT2D eigenvalue weighted by molar-refractivity contribution is -0.116. The molecule has 3 aromatic carbocycles. The maximum atomic E-state index is 14.4. The number of rotatable bonds is 9. The first-order valence-electron chi connectivity index (χ1n) is 11.1. The Hall–Kier alpha value is -4.13. The summed E-state index contributed by atoms with van der Waals surface area (Å²) in [6.45, 7) is 1.99. The van der Waals surface area contributed by atoms with Crippen LogP contribution in [0.15, 0.2) is 78.9 Å². The average Bonchev–Trinajstić information content (AvgIpc) is 3.22. The fourth-order valence-corrected chi connectivity index (χ4v) is 3.63. The number of carbonyl (C=O) groups is 1. The fraction of sp³-hybridized carbons (Fsp3) is 0.185. The number of hydrogen-bond acceptors (Lipinski definition) is 4. The van der Waals surface area contributed by atoms with Gasteiger partial charge in [-0.1, -0.05) is 37.3 Å². The summed E-state index contributed by atoms with van der Waals surface area (Å²) in [5.74, 6) is 0.591. The van der Waals surface area contributed by atoms with E-state index in [4.69, 9.17) is 14.6 Å². The zero-order chi connectivity index (χ0) is 23.9. The maximum Gasteiger partial charge on any atom is 0.226 e. The Morgan fingerprint density at radius 1 is 1.00 bits per heavy atom. The summed E-state index contributed by atoms with van der Waals surface area (Å²) in [5, 5.41) is 7.64. The van der Waals surface area contributed by atoms with Crippen molar-refractivity contribution in [2.75, 3.05) is 12.4 Å². The van der Waals surface area contributed by atoms with Gasteiger partial charge in [0.05, 0.1) is 18.5 Å². The molecule has 174 valence electrons. The number of carbonyl (C=O) groups excluding carboxylic acids is 1. The number of benzene rings is 3. The summed E-state index contributed by atoms with van der Waals surface area (Å²) in [6.07, 6.45) is 1.25. The van der Waals surface area contributed by atoms with E-state index in [0.717, 1.165) is 22.6 Å². The third kappa shape index (κ3) is 5.26. The lowest BCUT2D eigenvalue weighted by Crippen LogP contribution is -2.12. The SMILES string of the molecule is CCc1nn(-c2ccc(OC)cc2)c(Oc2ccccc2F)c1CCC(=O)Nc1ccccc1. The standard InChI is InChI=1S/C27H26FN3O3/c1-3-24-22(17-18-26(32)29-19-9-5-4-6-10-19)27(34-25-12-8-7-11-23(25)28)31(30-24)20-13-15-21(33-2)16-14-20/h4-16H,3,17-18H2,1-2H3,(H,29,32). The van der Waals surface area contributed by atoms with Crippen molar-refractivity contribution in [1.82, 2.24) is 9.78 Å². The molecule has 0 radical (unpaired) electrons. The van der Waals surface area contributed by atoms with Crippen LogP contribution >= 0.6 is 0 Å². The van der Waals surface area contributed by atoms with Crippen molar-refractivity contribution in [3.63, 3.8) is 0 Å². The van der Waals surface area contributed by atoms with E-state index in [1.807, 2.05) is 61.5 Å². The van der Waals surface area contributed by atoms with Crippen LogP contribution in [0.2, 0.25) is 0 Å². The summed E-state index contributed by atoms with van der Waals surface area (Å²) in [5.41, 5.74) is 3.03. The highest BCUT2D eigenvalue weighted by molar-refractivity contribution is 5.90. The van der Waals surface area contributed by atoms with Gasteiger partial charge in [-0.05, 0) is 61.4 Å². The molecule has 0 bridgehead atoms. The van der Waals surface area contributed by atoms with Crippen LogP contribution in [-0.2, 0) is 17.6 Å². The van der Waals surface area contributed by atoms with Crippen molar-refractivity contribution in [2.45, 2.75) is 26.2 Å². The Morgan fingerprint density at radius 3 is 2.38 bits per heavy atom. The zero-order valence-electron chi connectivity index (χ0n) is 19.1. The molecule has 0 spiro atoms. The molecule has 4 rings (SSSR count). The number of methoxy groups -OCH3 is 1. The van der Waals surface area contributed by atoms with E-state index in [9.17, 15) is 9.18 Å². The quantitative estimate of drug-likeness (QED) is 0.336. The predicted octanol–water partition coefficient (Wildman–Crippen LogP) is 5.95. The molecule has 6 nitrogen and oxygen atoms in total. The van der Waals surface area contributed by atoms with Crippen LogP contribution < -0.4 is 14.8 Å². The topological polar surface area (TPSA) is 65.4 Å². The van der Waals surface area contributed by atoms with Crippen molar-refractivity contribution in [1.29, 1.82) is 0 Å².